The van der Waals surface area contributed by atoms with Crippen LogP contribution in [0.2, 0.25) is 0 Å². The number of hydrogen-bond donors (Lipinski definition) is 4. The molecule has 6 nitrogen and oxygen atoms in total. The quantitative estimate of drug-likeness (QED) is 0.336. The summed E-state index contributed by atoms with van der Waals surface area (Å²) in [4.78, 5) is 23.4. The fraction of sp³-hybridized carbons (Fsp3) is 0.333. The molecule has 0 heterocycles. The lowest BCUT2D eigenvalue weighted by Crippen LogP contribution is -2.35. The Morgan fingerprint density at radius 3 is 2.50 bits per heavy atom. The topological polar surface area (TPSA) is 107 Å². The van der Waals surface area contributed by atoms with Gasteiger partial charge >= 0.3 is 0 Å². The van der Waals surface area contributed by atoms with E-state index in [1.165, 1.54) is 19.1 Å². The van der Waals surface area contributed by atoms with Crippen LogP contribution < -0.4 is 5.32 Å². The van der Waals surface area contributed by atoms with Crippen LogP contribution in [0.4, 0.5) is 0 Å². The maximum absolute atomic E-state index is 11.9. The minimum atomic E-state index is -0.930. The van der Waals surface area contributed by atoms with Gasteiger partial charge in [0.25, 0.3) is 0 Å². The Morgan fingerprint density at radius 2 is 1.94 bits per heavy atom. The first kappa shape index (κ1) is 14.0. The Labute approximate surface area is 104 Å². The molecule has 0 aliphatic rings. The second-order valence-corrected chi connectivity index (χ2v) is 3.80. The number of hydrogen-bond acceptors (Lipinski definition) is 5. The van der Waals surface area contributed by atoms with Gasteiger partial charge in [0.2, 0.25) is 5.91 Å². The molecule has 1 atom stereocenters. The number of carbonyl (C=O) groups is 2. The highest BCUT2D eigenvalue weighted by molar-refractivity contribution is 6.09. The SMILES string of the molecule is CC(C(=O)NCCO)C(=O)c1ccc(O)c(O)c1. The number of nitrogens with one attached hydrogen (secondary N) is 1. The molecule has 0 spiro atoms. The average molecular weight is 253 g/mol. The molecular formula is C12H15NO5. The lowest BCUT2D eigenvalue weighted by atomic mass is 9.98. The van der Waals surface area contributed by atoms with Gasteiger partial charge in [0.05, 0.1) is 12.5 Å². The molecule has 1 aromatic rings. The van der Waals surface area contributed by atoms with Gasteiger partial charge < -0.3 is 20.6 Å². The number of phenolic OH excluding ortho intramolecular Hbond substituents is 2. The first-order valence-corrected chi connectivity index (χ1v) is 5.42. The van der Waals surface area contributed by atoms with Crippen molar-refractivity contribution in [2.24, 2.45) is 5.92 Å². The molecule has 0 aliphatic carbocycles. The normalized spacial score (nSPS) is 11.9. The van der Waals surface area contributed by atoms with Gasteiger partial charge in [-0.05, 0) is 25.1 Å². The van der Waals surface area contributed by atoms with E-state index in [-0.39, 0.29) is 24.5 Å². The van der Waals surface area contributed by atoms with Crippen molar-refractivity contribution in [3.05, 3.63) is 23.8 Å². The lowest BCUT2D eigenvalue weighted by Gasteiger charge is -2.11. The van der Waals surface area contributed by atoms with Crippen LogP contribution in [0.15, 0.2) is 18.2 Å². The van der Waals surface area contributed by atoms with Gasteiger partial charge in [-0.15, -0.1) is 0 Å². The van der Waals surface area contributed by atoms with E-state index in [0.29, 0.717) is 0 Å². The van der Waals surface area contributed by atoms with Gasteiger partial charge in [-0.2, -0.15) is 0 Å². The molecule has 98 valence electrons. The van der Waals surface area contributed by atoms with Crippen LogP contribution in [0.3, 0.4) is 0 Å². The van der Waals surface area contributed by atoms with Crippen molar-refractivity contribution in [1.82, 2.24) is 5.32 Å². The molecule has 0 saturated carbocycles. The summed E-state index contributed by atoms with van der Waals surface area (Å²) in [5.41, 5.74) is 0.136. The first-order chi connectivity index (χ1) is 8.47. The molecule has 0 aliphatic heterocycles. The Bertz CT molecular complexity index is 458. The van der Waals surface area contributed by atoms with Crippen molar-refractivity contribution >= 4 is 11.7 Å². The van der Waals surface area contributed by atoms with E-state index in [4.69, 9.17) is 10.2 Å². The molecule has 1 rings (SSSR count). The molecular weight excluding hydrogens is 238 g/mol. The number of carbonyl (C=O) groups excluding carboxylic acids is 2. The van der Waals surface area contributed by atoms with Crippen LogP contribution in [0.5, 0.6) is 11.5 Å². The molecule has 6 heteroatoms. The van der Waals surface area contributed by atoms with Gasteiger partial charge in [-0.1, -0.05) is 0 Å². The number of benzene rings is 1. The number of Topliss-reactive ketones (excluding diaryl/α,β-unsaturated/α-hetero) is 1. The van der Waals surface area contributed by atoms with Gasteiger partial charge in [0.15, 0.2) is 17.3 Å². The number of ketones is 1. The van der Waals surface area contributed by atoms with E-state index < -0.39 is 23.4 Å². The van der Waals surface area contributed by atoms with Crippen LogP contribution in [-0.4, -0.2) is 40.2 Å². The summed E-state index contributed by atoms with van der Waals surface area (Å²) in [5.74, 6) is -2.64. The molecule has 4 N–H and O–H groups in total. The maximum Gasteiger partial charge on any atom is 0.230 e. The Morgan fingerprint density at radius 1 is 1.28 bits per heavy atom. The summed E-state index contributed by atoms with van der Waals surface area (Å²) in [6.45, 7) is 1.31. The highest BCUT2D eigenvalue weighted by Gasteiger charge is 2.23. The first-order valence-electron chi connectivity index (χ1n) is 5.42. The third-order valence-corrected chi connectivity index (χ3v) is 2.46. The van der Waals surface area contributed by atoms with Gasteiger partial charge in [-0.25, -0.2) is 0 Å². The largest absolute Gasteiger partial charge is 0.504 e. The summed E-state index contributed by atoms with van der Waals surface area (Å²) in [5, 5.41) is 29.3. The number of amides is 1. The molecule has 1 aromatic carbocycles. The number of aromatic hydroxyl groups is 2. The summed E-state index contributed by atoms with van der Waals surface area (Å²) in [6.07, 6.45) is 0. The molecule has 0 bridgehead atoms. The zero-order chi connectivity index (χ0) is 13.7. The van der Waals surface area contributed by atoms with Crippen molar-refractivity contribution in [1.29, 1.82) is 0 Å². The Kier molecular flexibility index (Phi) is 4.67. The average Bonchev–Trinajstić information content (AvgIpc) is 2.37. The molecule has 0 radical (unpaired) electrons. The molecule has 1 amide bonds. The van der Waals surface area contributed by atoms with Gasteiger partial charge in [-0.3, -0.25) is 9.59 Å². The molecule has 0 aromatic heterocycles. The molecule has 18 heavy (non-hydrogen) atoms. The zero-order valence-corrected chi connectivity index (χ0v) is 9.88. The number of aliphatic hydroxyl groups excluding tert-OH is 1. The van der Waals surface area contributed by atoms with Crippen molar-refractivity contribution in [3.63, 3.8) is 0 Å². The second kappa shape index (κ2) is 6.02. The summed E-state index contributed by atoms with van der Waals surface area (Å²) < 4.78 is 0. The minimum Gasteiger partial charge on any atom is -0.504 e. The fourth-order valence-corrected chi connectivity index (χ4v) is 1.38. The van der Waals surface area contributed by atoms with Gasteiger partial charge in [0.1, 0.15) is 0 Å². The third kappa shape index (κ3) is 3.21. The third-order valence-electron chi connectivity index (χ3n) is 2.46. The van der Waals surface area contributed by atoms with Crippen LogP contribution in [-0.2, 0) is 4.79 Å². The molecule has 0 saturated heterocycles. The van der Waals surface area contributed by atoms with E-state index in [0.717, 1.165) is 6.07 Å². The Hall–Kier alpha value is -2.08. The summed E-state index contributed by atoms with van der Waals surface area (Å²) in [7, 11) is 0. The molecule has 1 unspecified atom stereocenters. The standard InChI is InChI=1S/C12H15NO5/c1-7(12(18)13-4-5-14)11(17)8-2-3-9(15)10(16)6-8/h2-3,6-7,14-16H,4-5H2,1H3,(H,13,18). The van der Waals surface area contributed by atoms with Crippen LogP contribution >= 0.6 is 0 Å². The van der Waals surface area contributed by atoms with Crippen molar-refractivity contribution in [2.45, 2.75) is 6.92 Å². The number of aliphatic hydroxyl groups is 1. The van der Waals surface area contributed by atoms with Gasteiger partial charge in [0, 0.05) is 12.1 Å². The fourth-order valence-electron chi connectivity index (χ4n) is 1.38. The van der Waals surface area contributed by atoms with Crippen LogP contribution in [0.25, 0.3) is 0 Å². The predicted octanol–water partition coefficient (Wildman–Crippen LogP) is 0.0251. The zero-order valence-electron chi connectivity index (χ0n) is 9.88. The monoisotopic (exact) mass is 253 g/mol. The van der Waals surface area contributed by atoms with E-state index in [1.54, 1.807) is 0 Å². The van der Waals surface area contributed by atoms with Crippen LogP contribution in [0.1, 0.15) is 17.3 Å². The van der Waals surface area contributed by atoms with E-state index >= 15 is 0 Å². The predicted molar refractivity (Wildman–Crippen MR) is 63.4 cm³/mol. The number of rotatable bonds is 5. The van der Waals surface area contributed by atoms with E-state index in [1.807, 2.05) is 0 Å². The summed E-state index contributed by atoms with van der Waals surface area (Å²) in [6, 6.07) is 3.61. The van der Waals surface area contributed by atoms with Crippen LogP contribution in [0, 0.1) is 5.92 Å². The minimum absolute atomic E-state index is 0.0806. The van der Waals surface area contributed by atoms with E-state index in [2.05, 4.69) is 5.32 Å². The summed E-state index contributed by atoms with van der Waals surface area (Å²) >= 11 is 0. The second-order valence-electron chi connectivity index (χ2n) is 3.80. The number of phenols is 2. The highest BCUT2D eigenvalue weighted by atomic mass is 16.3. The Balaban J connectivity index is 2.79. The lowest BCUT2D eigenvalue weighted by molar-refractivity contribution is -0.123. The van der Waals surface area contributed by atoms with Crippen molar-refractivity contribution in [3.8, 4) is 11.5 Å². The van der Waals surface area contributed by atoms with Crippen molar-refractivity contribution in [2.75, 3.05) is 13.2 Å². The molecule has 0 fully saturated rings. The smallest absolute Gasteiger partial charge is 0.230 e. The van der Waals surface area contributed by atoms with E-state index in [9.17, 15) is 14.7 Å². The highest BCUT2D eigenvalue weighted by Crippen LogP contribution is 2.26. The maximum atomic E-state index is 11.9. The van der Waals surface area contributed by atoms with Crippen molar-refractivity contribution < 1.29 is 24.9 Å².